The highest BCUT2D eigenvalue weighted by Gasteiger charge is 2.19. The van der Waals surface area contributed by atoms with Crippen LogP contribution in [0.3, 0.4) is 0 Å². The average molecular weight is 447 g/mol. The number of H-pyrrole nitrogens is 1. The van der Waals surface area contributed by atoms with Crippen LogP contribution in [0.4, 0.5) is 11.6 Å². The number of rotatable bonds is 6. The van der Waals surface area contributed by atoms with Crippen LogP contribution in [0.1, 0.15) is 28.9 Å². The second-order valence-electron chi connectivity index (χ2n) is 8.17. The van der Waals surface area contributed by atoms with E-state index in [2.05, 4.69) is 36.2 Å². The number of ether oxygens (including phenoxy) is 1. The molecule has 10 heteroatoms. The summed E-state index contributed by atoms with van der Waals surface area (Å²) in [4.78, 5) is 16.9. The van der Waals surface area contributed by atoms with Gasteiger partial charge in [0.25, 0.3) is 5.91 Å². The lowest BCUT2D eigenvalue weighted by Gasteiger charge is -2.23. The summed E-state index contributed by atoms with van der Waals surface area (Å²) < 4.78 is 7.86. The third-order valence-electron chi connectivity index (χ3n) is 5.76. The summed E-state index contributed by atoms with van der Waals surface area (Å²) in [5.41, 5.74) is 2.13. The van der Waals surface area contributed by atoms with Crippen molar-refractivity contribution in [1.82, 2.24) is 30.3 Å². The Labute approximate surface area is 190 Å². The van der Waals surface area contributed by atoms with Crippen LogP contribution in [0, 0.1) is 6.92 Å². The predicted molar refractivity (Wildman–Crippen MR) is 126 cm³/mol. The molecular weight excluding hydrogens is 420 g/mol. The minimum atomic E-state index is -0.228. The minimum absolute atomic E-state index is 0.228. The summed E-state index contributed by atoms with van der Waals surface area (Å²) in [6.07, 6.45) is 3.89. The van der Waals surface area contributed by atoms with E-state index < -0.39 is 0 Å². The van der Waals surface area contributed by atoms with E-state index in [1.165, 1.54) is 0 Å². The number of benzene rings is 1. The van der Waals surface area contributed by atoms with Gasteiger partial charge in [-0.2, -0.15) is 10.2 Å². The molecule has 0 bridgehead atoms. The van der Waals surface area contributed by atoms with Crippen LogP contribution in [0.15, 0.2) is 42.6 Å². The molecule has 5 rings (SSSR count). The number of hydrogen-bond acceptors (Lipinski definition) is 7. The number of amides is 1. The first-order valence-electron chi connectivity index (χ1n) is 11.0. The van der Waals surface area contributed by atoms with Crippen molar-refractivity contribution in [1.29, 1.82) is 0 Å². The Morgan fingerprint density at radius 1 is 1.24 bits per heavy atom. The lowest BCUT2D eigenvalue weighted by atomic mass is 10.1. The van der Waals surface area contributed by atoms with Gasteiger partial charge in [-0.25, -0.2) is 4.98 Å². The van der Waals surface area contributed by atoms with Crippen molar-refractivity contribution in [2.24, 2.45) is 7.05 Å². The smallest absolute Gasteiger partial charge is 0.256 e. The first-order valence-corrected chi connectivity index (χ1v) is 11.0. The maximum atomic E-state index is 12.5. The highest BCUT2D eigenvalue weighted by Crippen LogP contribution is 2.33. The zero-order valence-corrected chi connectivity index (χ0v) is 18.6. The molecule has 1 atom stereocenters. The van der Waals surface area contributed by atoms with Crippen molar-refractivity contribution in [2.75, 3.05) is 23.7 Å². The van der Waals surface area contributed by atoms with Crippen molar-refractivity contribution in [3.8, 4) is 11.5 Å². The van der Waals surface area contributed by atoms with Gasteiger partial charge >= 0.3 is 0 Å². The molecule has 170 valence electrons. The zero-order chi connectivity index (χ0) is 22.8. The second-order valence-corrected chi connectivity index (χ2v) is 8.17. The molecule has 1 aliphatic heterocycles. The summed E-state index contributed by atoms with van der Waals surface area (Å²) >= 11 is 0. The Kier molecular flexibility index (Phi) is 5.66. The Morgan fingerprint density at radius 2 is 2.09 bits per heavy atom. The molecule has 0 unspecified atom stereocenters. The van der Waals surface area contributed by atoms with Gasteiger partial charge in [-0.3, -0.25) is 14.6 Å². The minimum Gasteiger partial charge on any atom is -0.456 e. The predicted octanol–water partition coefficient (Wildman–Crippen LogP) is 3.21. The van der Waals surface area contributed by atoms with Gasteiger partial charge in [-0.1, -0.05) is 0 Å². The third-order valence-corrected chi connectivity index (χ3v) is 5.76. The number of carbonyl (C=O) groups excluding carboxylic acids is 1. The number of anilines is 2. The normalized spacial score (nSPS) is 16.0. The van der Waals surface area contributed by atoms with Gasteiger partial charge in [-0.05, 0) is 50.6 Å². The lowest BCUT2D eigenvalue weighted by molar-refractivity contribution is 0.102. The van der Waals surface area contributed by atoms with E-state index in [0.29, 0.717) is 34.6 Å². The lowest BCUT2D eigenvalue weighted by Crippen LogP contribution is -2.38. The van der Waals surface area contributed by atoms with Crippen molar-refractivity contribution >= 4 is 28.6 Å². The van der Waals surface area contributed by atoms with Gasteiger partial charge in [0.2, 0.25) is 0 Å². The number of fused-ring (bicyclic) bond motifs is 1. The highest BCUT2D eigenvalue weighted by atomic mass is 16.5. The molecule has 0 aliphatic carbocycles. The molecule has 0 saturated carbocycles. The number of piperidine rings is 1. The van der Waals surface area contributed by atoms with Crippen molar-refractivity contribution in [3.05, 3.63) is 53.9 Å². The number of hydrogen-bond donors (Lipinski definition) is 4. The van der Waals surface area contributed by atoms with Crippen LogP contribution in [-0.2, 0) is 7.05 Å². The van der Waals surface area contributed by atoms with Crippen molar-refractivity contribution in [2.45, 2.75) is 25.8 Å². The van der Waals surface area contributed by atoms with Crippen molar-refractivity contribution < 1.29 is 9.53 Å². The monoisotopic (exact) mass is 446 g/mol. The fourth-order valence-corrected chi connectivity index (χ4v) is 3.89. The molecule has 1 amide bonds. The molecular formula is C23H26N8O2. The first-order chi connectivity index (χ1) is 16.1. The molecule has 0 spiro atoms. The number of nitrogens with zero attached hydrogens (tertiary/aromatic N) is 4. The molecule has 4 heterocycles. The molecule has 0 radical (unpaired) electrons. The van der Waals surface area contributed by atoms with E-state index in [9.17, 15) is 4.79 Å². The van der Waals surface area contributed by atoms with E-state index in [-0.39, 0.29) is 5.91 Å². The van der Waals surface area contributed by atoms with E-state index >= 15 is 0 Å². The van der Waals surface area contributed by atoms with Gasteiger partial charge in [0.15, 0.2) is 17.3 Å². The number of pyridine rings is 1. The van der Waals surface area contributed by atoms with Crippen LogP contribution in [0.2, 0.25) is 0 Å². The maximum Gasteiger partial charge on any atom is 0.256 e. The number of carbonyl (C=O) groups is 1. The second kappa shape index (κ2) is 8.91. The Balaban J connectivity index is 1.32. The fraction of sp³-hybridized carbons (Fsp3) is 0.304. The van der Waals surface area contributed by atoms with E-state index in [0.717, 1.165) is 42.8 Å². The summed E-state index contributed by atoms with van der Waals surface area (Å²) in [5.74, 6) is 2.27. The molecule has 1 saturated heterocycles. The van der Waals surface area contributed by atoms with Gasteiger partial charge in [0, 0.05) is 49.2 Å². The summed E-state index contributed by atoms with van der Waals surface area (Å²) in [6, 6.07) is 10.9. The summed E-state index contributed by atoms with van der Waals surface area (Å²) in [6.45, 7) is 3.87. The van der Waals surface area contributed by atoms with Crippen LogP contribution >= 0.6 is 0 Å². The summed E-state index contributed by atoms with van der Waals surface area (Å²) in [5, 5.41) is 22.1. The van der Waals surface area contributed by atoms with Crippen LogP contribution in [0.25, 0.3) is 11.0 Å². The van der Waals surface area contributed by atoms with Crippen molar-refractivity contribution in [3.63, 3.8) is 0 Å². The Bertz CT molecular complexity index is 1250. The molecule has 33 heavy (non-hydrogen) atoms. The van der Waals surface area contributed by atoms with Gasteiger partial charge in [0.05, 0.1) is 0 Å². The maximum absolute atomic E-state index is 12.5. The number of aryl methyl sites for hydroxylation is 2. The standard InChI is InChI=1S/C23H26N8O2/c1-14-12-19(30-31(14)2)27-23(32)15-5-7-17(8-6-15)33-18-9-11-25-21-20(18)22(29-28-21)26-16-4-3-10-24-13-16/h5-9,11-12,16,24H,3-4,10,13H2,1-2H3,(H,27,30,32)(H2,25,26,28,29)/t16-/m1/s1. The number of aromatic nitrogens is 5. The van der Waals surface area contributed by atoms with E-state index in [1.807, 2.05) is 26.1 Å². The molecule has 1 fully saturated rings. The molecule has 3 aromatic heterocycles. The van der Waals surface area contributed by atoms with E-state index in [1.54, 1.807) is 35.1 Å². The SMILES string of the molecule is Cc1cc(NC(=O)c2ccc(Oc3ccnc4[nH]nc(N[C@@H]5CCCNC5)c34)cc2)nn1C. The third kappa shape index (κ3) is 4.51. The topological polar surface area (TPSA) is 122 Å². The molecule has 10 nitrogen and oxygen atoms in total. The quantitative estimate of drug-likeness (QED) is 0.359. The van der Waals surface area contributed by atoms with Crippen LogP contribution in [-0.4, -0.2) is 50.0 Å². The molecule has 4 N–H and O–H groups in total. The van der Waals surface area contributed by atoms with Gasteiger partial charge in [0.1, 0.15) is 16.9 Å². The first kappa shape index (κ1) is 21.0. The van der Waals surface area contributed by atoms with E-state index in [4.69, 9.17) is 4.74 Å². The Hall–Kier alpha value is -3.92. The van der Waals surface area contributed by atoms with Crippen LogP contribution < -0.4 is 20.7 Å². The molecule has 1 aromatic carbocycles. The molecule has 1 aliphatic rings. The molecule has 4 aromatic rings. The van der Waals surface area contributed by atoms with Crippen LogP contribution in [0.5, 0.6) is 11.5 Å². The number of nitrogens with one attached hydrogen (secondary N) is 4. The fourth-order valence-electron chi connectivity index (χ4n) is 3.89. The average Bonchev–Trinajstić information content (AvgIpc) is 3.37. The largest absolute Gasteiger partial charge is 0.456 e. The van der Waals surface area contributed by atoms with Gasteiger partial charge in [-0.15, -0.1) is 0 Å². The highest BCUT2D eigenvalue weighted by molar-refractivity contribution is 6.03. The number of aromatic amines is 1. The van der Waals surface area contributed by atoms with Gasteiger partial charge < -0.3 is 20.7 Å². The Morgan fingerprint density at radius 3 is 2.82 bits per heavy atom. The zero-order valence-electron chi connectivity index (χ0n) is 18.6. The summed E-state index contributed by atoms with van der Waals surface area (Å²) in [7, 11) is 1.83.